The molecule has 2 nitrogen and oxygen atoms in total. The lowest BCUT2D eigenvalue weighted by molar-refractivity contribution is 0.0786. The number of carbonyl (C=O) groups excluding carboxylic acids is 1. The smallest absolute Gasteiger partial charge is 0.256 e. The van der Waals surface area contributed by atoms with Crippen LogP contribution >= 0.6 is 15.9 Å². The molecule has 0 aromatic heterocycles. The van der Waals surface area contributed by atoms with Crippen molar-refractivity contribution in [3.8, 4) is 0 Å². The van der Waals surface area contributed by atoms with Gasteiger partial charge in [0, 0.05) is 23.5 Å². The van der Waals surface area contributed by atoms with Crippen LogP contribution in [0.1, 0.15) is 28.3 Å². The van der Waals surface area contributed by atoms with Gasteiger partial charge in [0.2, 0.25) is 0 Å². The third-order valence-corrected chi connectivity index (χ3v) is 4.40. The molecule has 2 aromatic carbocycles. The molecule has 4 heteroatoms. The Morgan fingerprint density at radius 1 is 1.19 bits per heavy atom. The molecular formula is C17H15BrFNO. The number of halogens is 2. The van der Waals surface area contributed by atoms with Crippen LogP contribution in [-0.4, -0.2) is 23.9 Å². The molecule has 0 radical (unpaired) electrons. The van der Waals surface area contributed by atoms with Gasteiger partial charge in [0.25, 0.3) is 5.91 Å². The largest absolute Gasteiger partial charge is 0.338 e. The molecule has 1 fully saturated rings. The van der Waals surface area contributed by atoms with E-state index in [0.717, 1.165) is 6.42 Å². The van der Waals surface area contributed by atoms with Crippen molar-refractivity contribution < 1.29 is 9.18 Å². The van der Waals surface area contributed by atoms with E-state index in [-0.39, 0.29) is 11.5 Å². The summed E-state index contributed by atoms with van der Waals surface area (Å²) in [6.07, 6.45) is 0.925. The van der Waals surface area contributed by atoms with E-state index in [0.29, 0.717) is 23.5 Å². The SMILES string of the molecule is O=C(c1ccc(Br)cc1F)N1CCC(c2ccccc2)C1. The summed E-state index contributed by atoms with van der Waals surface area (Å²) in [5, 5.41) is 0. The highest BCUT2D eigenvalue weighted by Gasteiger charge is 2.29. The van der Waals surface area contributed by atoms with Crippen molar-refractivity contribution in [1.29, 1.82) is 0 Å². The van der Waals surface area contributed by atoms with Gasteiger partial charge < -0.3 is 4.90 Å². The molecule has 1 saturated heterocycles. The van der Waals surface area contributed by atoms with E-state index in [9.17, 15) is 9.18 Å². The zero-order valence-corrected chi connectivity index (χ0v) is 13.0. The fraction of sp³-hybridized carbons (Fsp3) is 0.235. The Hall–Kier alpha value is -1.68. The van der Waals surface area contributed by atoms with Crippen molar-refractivity contribution in [1.82, 2.24) is 4.90 Å². The van der Waals surface area contributed by atoms with E-state index >= 15 is 0 Å². The van der Waals surface area contributed by atoms with Gasteiger partial charge in [-0.25, -0.2) is 4.39 Å². The van der Waals surface area contributed by atoms with Crippen LogP contribution in [0.3, 0.4) is 0 Å². The maximum Gasteiger partial charge on any atom is 0.256 e. The van der Waals surface area contributed by atoms with E-state index in [1.165, 1.54) is 17.7 Å². The molecule has 1 aliphatic heterocycles. The molecule has 21 heavy (non-hydrogen) atoms. The Kier molecular flexibility index (Phi) is 4.06. The fourth-order valence-corrected chi connectivity index (χ4v) is 3.11. The van der Waals surface area contributed by atoms with E-state index in [2.05, 4.69) is 28.1 Å². The molecule has 3 rings (SSSR count). The third kappa shape index (κ3) is 3.00. The Morgan fingerprint density at radius 2 is 1.95 bits per heavy atom. The second kappa shape index (κ2) is 5.98. The van der Waals surface area contributed by atoms with Gasteiger partial charge in [-0.15, -0.1) is 0 Å². The van der Waals surface area contributed by atoms with Gasteiger partial charge in [0.05, 0.1) is 5.56 Å². The molecule has 1 unspecified atom stereocenters. The van der Waals surface area contributed by atoms with Crippen LogP contribution in [0, 0.1) is 5.82 Å². The normalized spacial score (nSPS) is 18.0. The second-order valence-corrected chi connectivity index (χ2v) is 6.19. The molecule has 1 amide bonds. The van der Waals surface area contributed by atoms with Crippen LogP contribution in [-0.2, 0) is 0 Å². The molecule has 0 saturated carbocycles. The summed E-state index contributed by atoms with van der Waals surface area (Å²) in [5.41, 5.74) is 1.39. The predicted octanol–water partition coefficient (Wildman–Crippen LogP) is 4.22. The number of carbonyl (C=O) groups is 1. The van der Waals surface area contributed by atoms with Crippen molar-refractivity contribution >= 4 is 21.8 Å². The first-order chi connectivity index (χ1) is 10.1. The lowest BCUT2D eigenvalue weighted by Gasteiger charge is -2.17. The number of hydrogen-bond donors (Lipinski definition) is 0. The molecule has 1 heterocycles. The first-order valence-corrected chi connectivity index (χ1v) is 7.74. The molecule has 2 aromatic rings. The van der Waals surface area contributed by atoms with Crippen molar-refractivity contribution in [3.05, 3.63) is 69.9 Å². The van der Waals surface area contributed by atoms with Gasteiger partial charge in [-0.2, -0.15) is 0 Å². The maximum atomic E-state index is 13.9. The number of nitrogens with zero attached hydrogens (tertiary/aromatic N) is 1. The highest BCUT2D eigenvalue weighted by atomic mass is 79.9. The lowest BCUT2D eigenvalue weighted by atomic mass is 9.99. The summed E-state index contributed by atoms with van der Waals surface area (Å²) in [6, 6.07) is 14.7. The van der Waals surface area contributed by atoms with Gasteiger partial charge in [-0.1, -0.05) is 46.3 Å². The van der Waals surface area contributed by atoms with E-state index in [4.69, 9.17) is 0 Å². The number of benzene rings is 2. The quantitative estimate of drug-likeness (QED) is 0.796. The Labute approximate surface area is 131 Å². The average Bonchev–Trinajstić information content (AvgIpc) is 2.97. The van der Waals surface area contributed by atoms with Crippen LogP contribution in [0.15, 0.2) is 53.0 Å². The van der Waals surface area contributed by atoms with E-state index in [1.54, 1.807) is 11.0 Å². The van der Waals surface area contributed by atoms with Crippen LogP contribution in [0.25, 0.3) is 0 Å². The minimum absolute atomic E-state index is 0.145. The lowest BCUT2D eigenvalue weighted by Crippen LogP contribution is -2.29. The summed E-state index contributed by atoms with van der Waals surface area (Å²) >= 11 is 3.20. The molecule has 1 atom stereocenters. The fourth-order valence-electron chi connectivity index (χ4n) is 2.78. The Balaban J connectivity index is 1.75. The van der Waals surface area contributed by atoms with Crippen LogP contribution in [0.5, 0.6) is 0 Å². The first kappa shape index (κ1) is 14.3. The topological polar surface area (TPSA) is 20.3 Å². The monoisotopic (exact) mass is 347 g/mol. The molecular weight excluding hydrogens is 333 g/mol. The van der Waals surface area contributed by atoms with Crippen molar-refractivity contribution in [3.63, 3.8) is 0 Å². The Morgan fingerprint density at radius 3 is 2.67 bits per heavy atom. The minimum Gasteiger partial charge on any atom is -0.338 e. The second-order valence-electron chi connectivity index (χ2n) is 5.27. The molecule has 0 aliphatic carbocycles. The summed E-state index contributed by atoms with van der Waals surface area (Å²) in [6.45, 7) is 1.33. The summed E-state index contributed by atoms with van der Waals surface area (Å²) in [4.78, 5) is 14.2. The van der Waals surface area contributed by atoms with Gasteiger partial charge in [0.15, 0.2) is 0 Å². The number of rotatable bonds is 2. The number of hydrogen-bond acceptors (Lipinski definition) is 1. The average molecular weight is 348 g/mol. The maximum absolute atomic E-state index is 13.9. The summed E-state index contributed by atoms with van der Waals surface area (Å²) in [5.74, 6) is -0.357. The van der Waals surface area contributed by atoms with Crippen LogP contribution in [0.2, 0.25) is 0 Å². The standard InChI is InChI=1S/C17H15BrFNO/c18-14-6-7-15(16(19)10-14)17(21)20-9-8-13(11-20)12-4-2-1-3-5-12/h1-7,10,13H,8-9,11H2. The number of amides is 1. The van der Waals surface area contributed by atoms with Gasteiger partial charge in [0.1, 0.15) is 5.82 Å². The van der Waals surface area contributed by atoms with Crippen molar-refractivity contribution in [2.24, 2.45) is 0 Å². The summed E-state index contributed by atoms with van der Waals surface area (Å²) < 4.78 is 14.5. The molecule has 0 bridgehead atoms. The Bertz CT molecular complexity index is 659. The predicted molar refractivity (Wildman–Crippen MR) is 83.8 cm³/mol. The van der Waals surface area contributed by atoms with E-state index in [1.807, 2.05) is 18.2 Å². The molecule has 1 aliphatic rings. The summed E-state index contributed by atoms with van der Waals surface area (Å²) in [7, 11) is 0. The zero-order chi connectivity index (χ0) is 14.8. The minimum atomic E-state index is -0.475. The molecule has 0 spiro atoms. The van der Waals surface area contributed by atoms with Gasteiger partial charge in [-0.3, -0.25) is 4.79 Å². The van der Waals surface area contributed by atoms with Crippen LogP contribution in [0.4, 0.5) is 4.39 Å². The highest BCUT2D eigenvalue weighted by Crippen LogP contribution is 2.28. The molecule has 108 valence electrons. The number of likely N-dealkylation sites (tertiary alicyclic amines) is 1. The van der Waals surface area contributed by atoms with Crippen molar-refractivity contribution in [2.45, 2.75) is 12.3 Å². The van der Waals surface area contributed by atoms with Crippen molar-refractivity contribution in [2.75, 3.05) is 13.1 Å². The first-order valence-electron chi connectivity index (χ1n) is 6.94. The van der Waals surface area contributed by atoms with Gasteiger partial charge in [-0.05, 0) is 30.2 Å². The third-order valence-electron chi connectivity index (χ3n) is 3.91. The zero-order valence-electron chi connectivity index (χ0n) is 11.4. The highest BCUT2D eigenvalue weighted by molar-refractivity contribution is 9.10. The molecule has 0 N–H and O–H groups in total. The van der Waals surface area contributed by atoms with E-state index < -0.39 is 5.82 Å². The van der Waals surface area contributed by atoms with Gasteiger partial charge >= 0.3 is 0 Å². The van der Waals surface area contributed by atoms with Crippen LogP contribution < -0.4 is 0 Å².